The lowest BCUT2D eigenvalue weighted by Gasteiger charge is -2.35. The van der Waals surface area contributed by atoms with Crippen molar-refractivity contribution in [3.63, 3.8) is 0 Å². The summed E-state index contributed by atoms with van der Waals surface area (Å²) in [5.41, 5.74) is 3.88. The summed E-state index contributed by atoms with van der Waals surface area (Å²) < 4.78 is 0. The minimum Gasteiger partial charge on any atom is -0.332 e. The maximum absolute atomic E-state index is 13.9. The van der Waals surface area contributed by atoms with Crippen LogP contribution in [0, 0.1) is 5.92 Å². The summed E-state index contributed by atoms with van der Waals surface area (Å²) in [6.45, 7) is 4.43. The predicted octanol–water partition coefficient (Wildman–Crippen LogP) is 6.66. The molecule has 3 nitrogen and oxygen atoms in total. The van der Waals surface area contributed by atoms with Gasteiger partial charge in [-0.2, -0.15) is 0 Å². The first kappa shape index (κ1) is 21.6. The van der Waals surface area contributed by atoms with Crippen LogP contribution in [0.15, 0.2) is 72.9 Å². The lowest BCUT2D eigenvalue weighted by atomic mass is 9.93. The Labute approximate surface area is 190 Å². The molecule has 1 aliphatic rings. The van der Waals surface area contributed by atoms with Gasteiger partial charge in [0.2, 0.25) is 0 Å². The number of nitrogens with zero attached hydrogens (tertiary/aromatic N) is 2. The molecule has 3 aromatic rings. The Hall–Kier alpha value is -2.65. The Morgan fingerprint density at radius 2 is 1.74 bits per heavy atom. The van der Waals surface area contributed by atoms with Gasteiger partial charge in [0, 0.05) is 29.5 Å². The zero-order valence-electron chi connectivity index (χ0n) is 18.2. The number of halogens is 1. The Kier molecular flexibility index (Phi) is 6.72. The number of hydrogen-bond acceptors (Lipinski definition) is 2. The number of benzene rings is 2. The standard InChI is InChI=1S/C27H29ClN2O/c1-19(2)26(17-14-22-13-12-21(28)18-29-22)30(23-15-16-23)27(31)25-11-7-6-10-24(25)20-8-4-3-5-9-20/h3-13,18-19,23,26H,14-17H2,1-2H3/t26-/m1/s1. The first-order chi connectivity index (χ1) is 15.0. The summed E-state index contributed by atoms with van der Waals surface area (Å²) in [6, 6.07) is 22.5. The molecule has 0 radical (unpaired) electrons. The van der Waals surface area contributed by atoms with Gasteiger partial charge in [-0.3, -0.25) is 9.78 Å². The Balaban J connectivity index is 1.62. The highest BCUT2D eigenvalue weighted by atomic mass is 35.5. The molecule has 0 bridgehead atoms. The van der Waals surface area contributed by atoms with Crippen molar-refractivity contribution in [3.8, 4) is 11.1 Å². The highest BCUT2D eigenvalue weighted by molar-refractivity contribution is 6.30. The molecule has 1 aromatic heterocycles. The number of aryl methyl sites for hydroxylation is 1. The van der Waals surface area contributed by atoms with Crippen molar-refractivity contribution < 1.29 is 4.79 Å². The molecule has 1 amide bonds. The summed E-state index contributed by atoms with van der Waals surface area (Å²) in [5, 5.41) is 0.650. The Morgan fingerprint density at radius 1 is 1.03 bits per heavy atom. The predicted molar refractivity (Wildman–Crippen MR) is 127 cm³/mol. The molecule has 31 heavy (non-hydrogen) atoms. The zero-order valence-corrected chi connectivity index (χ0v) is 18.9. The molecular formula is C27H29ClN2O. The summed E-state index contributed by atoms with van der Waals surface area (Å²) in [4.78, 5) is 20.5. The average Bonchev–Trinajstić information content (AvgIpc) is 3.63. The highest BCUT2D eigenvalue weighted by Gasteiger charge is 2.39. The van der Waals surface area contributed by atoms with Crippen molar-refractivity contribution in [1.29, 1.82) is 0 Å². The molecule has 0 spiro atoms. The number of rotatable bonds is 8. The molecule has 1 fully saturated rings. The van der Waals surface area contributed by atoms with E-state index in [0.29, 0.717) is 17.0 Å². The summed E-state index contributed by atoms with van der Waals surface area (Å²) in [7, 11) is 0. The molecule has 4 heteroatoms. The molecule has 0 unspecified atom stereocenters. The molecule has 0 aliphatic heterocycles. The Bertz CT molecular complexity index is 1010. The third kappa shape index (κ3) is 5.16. The van der Waals surface area contributed by atoms with Crippen LogP contribution in [0.25, 0.3) is 11.1 Å². The van der Waals surface area contributed by atoms with Crippen LogP contribution in [0.2, 0.25) is 5.02 Å². The molecule has 4 rings (SSSR count). The number of aromatic nitrogens is 1. The van der Waals surface area contributed by atoms with E-state index < -0.39 is 0 Å². The van der Waals surface area contributed by atoms with Gasteiger partial charge < -0.3 is 4.90 Å². The van der Waals surface area contributed by atoms with Crippen molar-refractivity contribution in [1.82, 2.24) is 9.88 Å². The molecule has 1 atom stereocenters. The second-order valence-corrected chi connectivity index (χ2v) is 9.11. The smallest absolute Gasteiger partial charge is 0.254 e. The van der Waals surface area contributed by atoms with Crippen molar-refractivity contribution in [2.24, 2.45) is 5.92 Å². The van der Waals surface area contributed by atoms with Crippen molar-refractivity contribution in [2.75, 3.05) is 0 Å². The van der Waals surface area contributed by atoms with E-state index >= 15 is 0 Å². The lowest BCUT2D eigenvalue weighted by molar-refractivity contribution is 0.0591. The van der Waals surface area contributed by atoms with Crippen LogP contribution in [-0.2, 0) is 6.42 Å². The highest BCUT2D eigenvalue weighted by Crippen LogP contribution is 2.35. The Morgan fingerprint density at radius 3 is 2.39 bits per heavy atom. The van der Waals surface area contributed by atoms with Crippen LogP contribution in [0.5, 0.6) is 0 Å². The van der Waals surface area contributed by atoms with Gasteiger partial charge in [0.25, 0.3) is 5.91 Å². The van der Waals surface area contributed by atoms with Gasteiger partial charge in [-0.25, -0.2) is 0 Å². The molecule has 1 saturated carbocycles. The largest absolute Gasteiger partial charge is 0.332 e. The fourth-order valence-electron chi connectivity index (χ4n) is 4.26. The maximum Gasteiger partial charge on any atom is 0.254 e. The number of carbonyl (C=O) groups excluding carboxylic acids is 1. The fraction of sp³-hybridized carbons (Fsp3) is 0.333. The van der Waals surface area contributed by atoms with E-state index in [2.05, 4.69) is 41.9 Å². The summed E-state index contributed by atoms with van der Waals surface area (Å²) in [5.74, 6) is 0.505. The van der Waals surface area contributed by atoms with E-state index in [4.69, 9.17) is 11.6 Å². The average molecular weight is 433 g/mol. The van der Waals surface area contributed by atoms with E-state index in [1.807, 2.05) is 48.5 Å². The van der Waals surface area contributed by atoms with Gasteiger partial charge >= 0.3 is 0 Å². The van der Waals surface area contributed by atoms with E-state index in [1.54, 1.807) is 6.20 Å². The molecular weight excluding hydrogens is 404 g/mol. The molecule has 160 valence electrons. The normalized spacial score (nSPS) is 14.5. The van der Waals surface area contributed by atoms with Crippen molar-refractivity contribution in [3.05, 3.63) is 89.2 Å². The molecule has 1 aliphatic carbocycles. The summed E-state index contributed by atoms with van der Waals surface area (Å²) in [6.07, 6.45) is 5.59. The van der Waals surface area contributed by atoms with Gasteiger partial charge in [0.05, 0.1) is 5.02 Å². The van der Waals surface area contributed by atoms with Crippen LogP contribution in [-0.4, -0.2) is 27.9 Å². The van der Waals surface area contributed by atoms with Gasteiger partial charge in [-0.1, -0.05) is 74.0 Å². The minimum absolute atomic E-state index is 0.143. The fourth-order valence-corrected chi connectivity index (χ4v) is 4.37. The van der Waals surface area contributed by atoms with E-state index in [9.17, 15) is 4.79 Å². The lowest BCUT2D eigenvalue weighted by Crippen LogP contribution is -2.45. The van der Waals surface area contributed by atoms with E-state index in [-0.39, 0.29) is 11.9 Å². The number of hydrogen-bond donors (Lipinski definition) is 0. The van der Waals surface area contributed by atoms with Crippen LogP contribution < -0.4 is 0 Å². The first-order valence-corrected chi connectivity index (χ1v) is 11.5. The maximum atomic E-state index is 13.9. The molecule has 0 N–H and O–H groups in total. The van der Waals surface area contributed by atoms with E-state index in [1.165, 1.54) is 0 Å². The first-order valence-electron chi connectivity index (χ1n) is 11.1. The number of amides is 1. The van der Waals surface area contributed by atoms with Gasteiger partial charge in [0.15, 0.2) is 0 Å². The van der Waals surface area contributed by atoms with Crippen LogP contribution in [0.4, 0.5) is 0 Å². The monoisotopic (exact) mass is 432 g/mol. The second-order valence-electron chi connectivity index (χ2n) is 8.67. The topological polar surface area (TPSA) is 33.2 Å². The number of pyridine rings is 1. The van der Waals surface area contributed by atoms with Crippen molar-refractivity contribution >= 4 is 17.5 Å². The third-order valence-corrected chi connectivity index (χ3v) is 6.25. The zero-order chi connectivity index (χ0) is 21.8. The van der Waals surface area contributed by atoms with Crippen LogP contribution in [0.3, 0.4) is 0 Å². The minimum atomic E-state index is 0.143. The molecule has 2 aromatic carbocycles. The van der Waals surface area contributed by atoms with Gasteiger partial charge in [0.1, 0.15) is 0 Å². The van der Waals surface area contributed by atoms with Crippen LogP contribution >= 0.6 is 11.6 Å². The SMILES string of the molecule is CC(C)[C@@H](CCc1ccc(Cl)cn1)N(C(=O)c1ccccc1-c1ccccc1)C1CC1. The second kappa shape index (κ2) is 9.65. The third-order valence-electron chi connectivity index (χ3n) is 6.03. The summed E-state index contributed by atoms with van der Waals surface area (Å²) >= 11 is 5.98. The van der Waals surface area contributed by atoms with Gasteiger partial charge in [-0.15, -0.1) is 0 Å². The van der Waals surface area contributed by atoms with Crippen molar-refractivity contribution in [2.45, 2.75) is 51.6 Å². The van der Waals surface area contributed by atoms with Gasteiger partial charge in [-0.05, 0) is 60.9 Å². The van der Waals surface area contributed by atoms with E-state index in [0.717, 1.165) is 48.1 Å². The quantitative estimate of drug-likeness (QED) is 0.398. The molecule has 1 heterocycles. The number of carbonyl (C=O) groups is 1. The van der Waals surface area contributed by atoms with Crippen LogP contribution in [0.1, 0.15) is 49.2 Å². The molecule has 0 saturated heterocycles.